The van der Waals surface area contributed by atoms with Crippen molar-refractivity contribution >= 4 is 11.8 Å². The molecule has 0 fully saturated rings. The lowest BCUT2D eigenvalue weighted by atomic mass is 10.0. The molecule has 8 nitrogen and oxygen atoms in total. The van der Waals surface area contributed by atoms with E-state index in [9.17, 15) is 14.7 Å². The normalized spacial score (nSPS) is 14.5. The molecule has 0 spiro atoms. The number of rotatable bonds is 14. The van der Waals surface area contributed by atoms with Crippen molar-refractivity contribution in [3.8, 4) is 17.2 Å². The van der Waals surface area contributed by atoms with Gasteiger partial charge in [-0.05, 0) is 31.9 Å². The second-order valence-electron chi connectivity index (χ2n) is 8.09. The van der Waals surface area contributed by atoms with Crippen LogP contribution in [0.25, 0.3) is 0 Å². The lowest BCUT2D eigenvalue weighted by Gasteiger charge is -2.32. The van der Waals surface area contributed by atoms with Crippen molar-refractivity contribution < 1.29 is 33.6 Å². The average molecular weight is 474 g/mol. The van der Waals surface area contributed by atoms with Gasteiger partial charge in [0, 0.05) is 25.3 Å². The number of carbonyl (C=O) groups is 2. The van der Waals surface area contributed by atoms with Gasteiger partial charge in [0.25, 0.3) is 0 Å². The van der Waals surface area contributed by atoms with Crippen LogP contribution in [0.1, 0.15) is 57.4 Å². The molecule has 34 heavy (non-hydrogen) atoms. The van der Waals surface area contributed by atoms with Crippen LogP contribution in [-0.2, 0) is 14.3 Å². The summed E-state index contributed by atoms with van der Waals surface area (Å²) in [6.45, 7) is 7.94. The quantitative estimate of drug-likeness (QED) is 0.314. The average Bonchev–Trinajstić information content (AvgIpc) is 2.84. The van der Waals surface area contributed by atoms with Crippen molar-refractivity contribution in [3.63, 3.8) is 0 Å². The first-order valence-corrected chi connectivity index (χ1v) is 11.6. The summed E-state index contributed by atoms with van der Waals surface area (Å²) in [4.78, 5) is 29.4. The molecule has 0 amide bonds. The highest BCUT2D eigenvalue weighted by Crippen LogP contribution is 2.29. The highest BCUT2D eigenvalue weighted by Gasteiger charge is 2.33. The van der Waals surface area contributed by atoms with Crippen molar-refractivity contribution in [2.75, 3.05) is 13.7 Å². The van der Waals surface area contributed by atoms with Crippen molar-refractivity contribution in [3.05, 3.63) is 48.3 Å². The molecule has 0 saturated carbocycles. The van der Waals surface area contributed by atoms with Gasteiger partial charge in [-0.1, -0.05) is 39.0 Å². The lowest BCUT2D eigenvalue weighted by Crippen LogP contribution is -2.44. The zero-order chi connectivity index (χ0) is 25.1. The number of benzene rings is 1. The van der Waals surface area contributed by atoms with E-state index in [-0.39, 0.29) is 29.7 Å². The predicted molar refractivity (Wildman–Crippen MR) is 127 cm³/mol. The molecule has 1 N–H and O–H groups in total. The smallest absolute Gasteiger partial charge is 0.309 e. The van der Waals surface area contributed by atoms with Gasteiger partial charge in [-0.15, -0.1) is 0 Å². The maximum atomic E-state index is 12.8. The summed E-state index contributed by atoms with van der Waals surface area (Å²) >= 11 is 0. The van der Waals surface area contributed by atoms with E-state index < -0.39 is 29.9 Å². The van der Waals surface area contributed by atoms with E-state index in [4.69, 9.17) is 18.9 Å². The van der Waals surface area contributed by atoms with Crippen molar-refractivity contribution in [2.24, 2.45) is 5.92 Å². The predicted octanol–water partition coefficient (Wildman–Crippen LogP) is 4.59. The number of aromatic nitrogens is 1. The van der Waals surface area contributed by atoms with E-state index in [1.807, 2.05) is 44.2 Å². The maximum Gasteiger partial charge on any atom is 0.309 e. The summed E-state index contributed by atoms with van der Waals surface area (Å²) in [7, 11) is 1.38. The van der Waals surface area contributed by atoms with Gasteiger partial charge in [0.1, 0.15) is 11.9 Å². The van der Waals surface area contributed by atoms with Gasteiger partial charge in [0.05, 0.1) is 19.1 Å². The summed E-state index contributed by atoms with van der Waals surface area (Å²) < 4.78 is 22.9. The maximum absolute atomic E-state index is 12.8. The molecular weight excluding hydrogens is 438 g/mol. The summed E-state index contributed by atoms with van der Waals surface area (Å²) in [6.07, 6.45) is 1.28. The highest BCUT2D eigenvalue weighted by molar-refractivity contribution is 5.99. The molecule has 0 radical (unpaired) electrons. The number of hydrogen-bond acceptors (Lipinski definition) is 8. The molecule has 0 bridgehead atoms. The summed E-state index contributed by atoms with van der Waals surface area (Å²) in [5, 5.41) is 10.2. The standard InChI is InChI=1S/C26H35NO7/c1-6-15-32-21(7-2)25(34-19-11-9-8-10-12-19)18(4)33-26(30)17(3)16-20(28)23-24(29)22(31-5)13-14-27-23/h8-14,17-18,21,25,29H,6-7,15-16H2,1-5H3/t17-,18+,21+,25+/m1/s1. The molecule has 2 rings (SSSR count). The van der Waals surface area contributed by atoms with Gasteiger partial charge in [0.15, 0.2) is 29.1 Å². The number of nitrogens with zero attached hydrogens (tertiary/aromatic N) is 1. The van der Waals surface area contributed by atoms with Crippen LogP contribution in [0.15, 0.2) is 42.6 Å². The Morgan fingerprint density at radius 1 is 1.09 bits per heavy atom. The third kappa shape index (κ3) is 7.45. The molecular formula is C26H35NO7. The molecule has 0 saturated heterocycles. The van der Waals surface area contributed by atoms with Gasteiger partial charge in [-0.3, -0.25) is 9.59 Å². The third-order valence-electron chi connectivity index (χ3n) is 5.35. The summed E-state index contributed by atoms with van der Waals surface area (Å²) in [6, 6.07) is 10.7. The molecule has 1 aromatic heterocycles. The Labute approximate surface area is 201 Å². The van der Waals surface area contributed by atoms with Gasteiger partial charge < -0.3 is 24.1 Å². The number of hydrogen-bond donors (Lipinski definition) is 1. The van der Waals surface area contributed by atoms with E-state index in [1.165, 1.54) is 19.4 Å². The van der Waals surface area contributed by atoms with Crippen molar-refractivity contribution in [2.45, 2.75) is 65.3 Å². The Balaban J connectivity index is 2.09. The zero-order valence-electron chi connectivity index (χ0n) is 20.5. The fraction of sp³-hybridized carbons (Fsp3) is 0.500. The number of methoxy groups -OCH3 is 1. The Bertz CT molecular complexity index is 919. The monoisotopic (exact) mass is 473 g/mol. The van der Waals surface area contributed by atoms with Crippen LogP contribution < -0.4 is 9.47 Å². The second kappa shape index (κ2) is 13.5. The molecule has 2 aromatic rings. The number of aromatic hydroxyl groups is 1. The first kappa shape index (κ1) is 27.1. The molecule has 8 heteroatoms. The molecule has 0 aliphatic heterocycles. The largest absolute Gasteiger partial charge is 0.503 e. The topological polar surface area (TPSA) is 104 Å². The number of ketones is 1. The van der Waals surface area contributed by atoms with Crippen molar-refractivity contribution in [1.82, 2.24) is 4.98 Å². The Morgan fingerprint density at radius 2 is 1.79 bits per heavy atom. The molecule has 1 heterocycles. The molecule has 0 unspecified atom stereocenters. The molecule has 4 atom stereocenters. The minimum Gasteiger partial charge on any atom is -0.503 e. The molecule has 0 aliphatic carbocycles. The number of carbonyl (C=O) groups excluding carboxylic acids is 2. The number of para-hydroxylation sites is 1. The summed E-state index contributed by atoms with van der Waals surface area (Å²) in [5.41, 5.74) is -0.142. The van der Waals surface area contributed by atoms with Gasteiger partial charge in [-0.25, -0.2) is 4.98 Å². The Kier molecular flexibility index (Phi) is 10.8. The number of Topliss-reactive ketones (excluding diaryl/α,β-unsaturated/α-hetero) is 1. The van der Waals surface area contributed by atoms with Gasteiger partial charge >= 0.3 is 5.97 Å². The molecule has 0 aliphatic rings. The van der Waals surface area contributed by atoms with Crippen LogP contribution in [-0.4, -0.2) is 53.9 Å². The van der Waals surface area contributed by atoms with E-state index in [0.29, 0.717) is 18.8 Å². The minimum atomic E-state index is -0.753. The van der Waals surface area contributed by atoms with Crippen LogP contribution >= 0.6 is 0 Å². The van der Waals surface area contributed by atoms with E-state index >= 15 is 0 Å². The van der Waals surface area contributed by atoms with Crippen molar-refractivity contribution in [1.29, 1.82) is 0 Å². The SMILES string of the molecule is CCCO[C@@H](CC)[C@@H](Oc1ccccc1)[C@H](C)OC(=O)[C@H](C)CC(=O)c1nccc(OC)c1O. The second-order valence-corrected chi connectivity index (χ2v) is 8.09. The molecule has 1 aromatic carbocycles. The van der Waals surface area contributed by atoms with Gasteiger partial charge in [-0.2, -0.15) is 0 Å². The summed E-state index contributed by atoms with van der Waals surface area (Å²) in [5.74, 6) is -1.34. The number of esters is 1. The third-order valence-corrected chi connectivity index (χ3v) is 5.35. The first-order chi connectivity index (χ1) is 16.3. The first-order valence-electron chi connectivity index (χ1n) is 11.6. The Hall–Kier alpha value is -3.13. The van der Waals surface area contributed by atoms with Crippen LogP contribution in [0.4, 0.5) is 0 Å². The zero-order valence-corrected chi connectivity index (χ0v) is 20.5. The van der Waals surface area contributed by atoms with Crippen LogP contribution in [0.5, 0.6) is 17.2 Å². The van der Waals surface area contributed by atoms with E-state index in [0.717, 1.165) is 6.42 Å². The fourth-order valence-electron chi connectivity index (χ4n) is 3.47. The minimum absolute atomic E-state index is 0.140. The fourth-order valence-corrected chi connectivity index (χ4v) is 3.47. The van der Waals surface area contributed by atoms with E-state index in [1.54, 1.807) is 13.8 Å². The Morgan fingerprint density at radius 3 is 2.41 bits per heavy atom. The van der Waals surface area contributed by atoms with E-state index in [2.05, 4.69) is 4.98 Å². The number of ether oxygens (including phenoxy) is 4. The van der Waals surface area contributed by atoms with Crippen LogP contribution in [0.2, 0.25) is 0 Å². The highest BCUT2D eigenvalue weighted by atomic mass is 16.6. The number of pyridine rings is 1. The van der Waals surface area contributed by atoms with Crippen LogP contribution in [0.3, 0.4) is 0 Å². The molecule has 186 valence electrons. The van der Waals surface area contributed by atoms with Gasteiger partial charge in [0.2, 0.25) is 0 Å². The van der Waals surface area contributed by atoms with Crippen LogP contribution in [0, 0.1) is 5.92 Å². The lowest BCUT2D eigenvalue weighted by molar-refractivity contribution is -0.162.